The van der Waals surface area contributed by atoms with Gasteiger partial charge in [-0.3, -0.25) is 4.90 Å². The summed E-state index contributed by atoms with van der Waals surface area (Å²) >= 11 is 0. The number of hydrogen-bond donors (Lipinski definition) is 1. The van der Waals surface area contributed by atoms with E-state index in [1.165, 1.54) is 18.5 Å². The van der Waals surface area contributed by atoms with Gasteiger partial charge in [-0.15, -0.1) is 12.4 Å². The SMILES string of the molecule is CC(N)C1CCN(Cc2ccnn2-c2ccccc2)CC1.Cl. The van der Waals surface area contributed by atoms with Crippen LogP contribution < -0.4 is 5.73 Å². The molecule has 4 nitrogen and oxygen atoms in total. The fourth-order valence-electron chi connectivity index (χ4n) is 3.12. The summed E-state index contributed by atoms with van der Waals surface area (Å²) in [5.74, 6) is 0.681. The Kier molecular flexibility index (Phi) is 6.00. The molecule has 0 bridgehead atoms. The molecule has 2 aromatic rings. The molecule has 1 aliphatic rings. The smallest absolute Gasteiger partial charge is 0.0649 e. The highest BCUT2D eigenvalue weighted by atomic mass is 35.5. The quantitative estimate of drug-likeness (QED) is 0.942. The summed E-state index contributed by atoms with van der Waals surface area (Å²) in [5, 5.41) is 4.47. The van der Waals surface area contributed by atoms with E-state index in [4.69, 9.17) is 5.73 Å². The third-order valence-corrected chi connectivity index (χ3v) is 4.48. The van der Waals surface area contributed by atoms with Gasteiger partial charge in [0.15, 0.2) is 0 Å². The standard InChI is InChI=1S/C17H24N4.ClH/c1-14(18)15-8-11-20(12-9-15)13-17-7-10-19-21(17)16-5-3-2-4-6-16;/h2-7,10,14-15H,8-9,11-13,18H2,1H3;1H. The summed E-state index contributed by atoms with van der Waals surface area (Å²) in [5.41, 5.74) is 8.39. The molecule has 5 heteroatoms. The van der Waals surface area contributed by atoms with Gasteiger partial charge in [0.2, 0.25) is 0 Å². The molecule has 1 saturated heterocycles. The fourth-order valence-corrected chi connectivity index (χ4v) is 3.12. The van der Waals surface area contributed by atoms with Gasteiger partial charge in [0.1, 0.15) is 0 Å². The van der Waals surface area contributed by atoms with Crippen LogP contribution >= 0.6 is 12.4 Å². The average Bonchev–Trinajstić information content (AvgIpc) is 2.97. The Morgan fingerprint density at radius 3 is 2.50 bits per heavy atom. The van der Waals surface area contributed by atoms with Crippen molar-refractivity contribution in [2.75, 3.05) is 13.1 Å². The first-order chi connectivity index (χ1) is 10.2. The van der Waals surface area contributed by atoms with E-state index in [1.807, 2.05) is 16.9 Å². The van der Waals surface area contributed by atoms with Gasteiger partial charge in [-0.05, 0) is 57.0 Å². The topological polar surface area (TPSA) is 47.1 Å². The second-order valence-electron chi connectivity index (χ2n) is 6.04. The summed E-state index contributed by atoms with van der Waals surface area (Å²) in [6, 6.07) is 12.8. The number of likely N-dealkylation sites (tertiary alicyclic amines) is 1. The third kappa shape index (κ3) is 3.88. The molecule has 1 fully saturated rings. The minimum absolute atomic E-state index is 0. The Balaban J connectivity index is 0.00000176. The second kappa shape index (κ2) is 7.77. The molecule has 22 heavy (non-hydrogen) atoms. The van der Waals surface area contributed by atoms with Crippen molar-refractivity contribution in [3.8, 4) is 5.69 Å². The van der Waals surface area contributed by atoms with Crippen LogP contribution in [0.5, 0.6) is 0 Å². The number of hydrogen-bond acceptors (Lipinski definition) is 3. The number of halogens is 1. The lowest BCUT2D eigenvalue weighted by atomic mass is 9.91. The van der Waals surface area contributed by atoms with Crippen LogP contribution in [0.15, 0.2) is 42.6 Å². The molecule has 0 amide bonds. The number of rotatable bonds is 4. The lowest BCUT2D eigenvalue weighted by molar-refractivity contribution is 0.163. The Morgan fingerprint density at radius 1 is 1.18 bits per heavy atom. The molecular formula is C17H25ClN4. The number of benzene rings is 1. The normalized spacial score (nSPS) is 17.9. The van der Waals surface area contributed by atoms with E-state index in [0.29, 0.717) is 12.0 Å². The molecule has 1 aromatic heterocycles. The van der Waals surface area contributed by atoms with Crippen molar-refractivity contribution in [3.63, 3.8) is 0 Å². The first-order valence-electron chi connectivity index (χ1n) is 7.80. The van der Waals surface area contributed by atoms with Crippen molar-refractivity contribution in [3.05, 3.63) is 48.3 Å². The molecule has 0 saturated carbocycles. The predicted octanol–water partition coefficient (Wildman–Crippen LogP) is 2.85. The first-order valence-corrected chi connectivity index (χ1v) is 7.80. The van der Waals surface area contributed by atoms with Gasteiger partial charge in [0.05, 0.1) is 11.4 Å². The summed E-state index contributed by atoms with van der Waals surface area (Å²) in [4.78, 5) is 2.51. The van der Waals surface area contributed by atoms with Gasteiger partial charge in [-0.1, -0.05) is 18.2 Å². The number of nitrogens with two attached hydrogens (primary N) is 1. The van der Waals surface area contributed by atoms with Gasteiger partial charge >= 0.3 is 0 Å². The molecule has 1 aliphatic heterocycles. The number of para-hydroxylation sites is 1. The van der Waals surface area contributed by atoms with Gasteiger partial charge < -0.3 is 5.73 Å². The number of aromatic nitrogens is 2. The van der Waals surface area contributed by atoms with Crippen LogP contribution in [0.1, 0.15) is 25.5 Å². The van der Waals surface area contributed by atoms with E-state index in [-0.39, 0.29) is 12.4 Å². The highest BCUT2D eigenvalue weighted by molar-refractivity contribution is 5.85. The summed E-state index contributed by atoms with van der Waals surface area (Å²) in [7, 11) is 0. The van der Waals surface area contributed by atoms with E-state index < -0.39 is 0 Å². The Labute approximate surface area is 138 Å². The van der Waals surface area contributed by atoms with Crippen LogP contribution in [0.25, 0.3) is 5.69 Å². The zero-order valence-corrected chi connectivity index (χ0v) is 13.9. The molecule has 1 atom stereocenters. The molecule has 2 heterocycles. The Morgan fingerprint density at radius 2 is 1.86 bits per heavy atom. The van der Waals surface area contributed by atoms with Gasteiger partial charge in [-0.25, -0.2) is 4.68 Å². The number of nitrogens with zero attached hydrogens (tertiary/aromatic N) is 3. The summed E-state index contributed by atoms with van der Waals surface area (Å²) in [6.07, 6.45) is 4.30. The van der Waals surface area contributed by atoms with Crippen LogP contribution in [-0.4, -0.2) is 33.8 Å². The van der Waals surface area contributed by atoms with E-state index in [1.54, 1.807) is 0 Å². The Hall–Kier alpha value is -1.36. The molecule has 0 aliphatic carbocycles. The van der Waals surface area contributed by atoms with Crippen molar-refractivity contribution in [2.45, 2.75) is 32.4 Å². The van der Waals surface area contributed by atoms with Gasteiger partial charge in [-0.2, -0.15) is 5.10 Å². The fraction of sp³-hybridized carbons (Fsp3) is 0.471. The average molecular weight is 321 g/mol. The molecule has 3 rings (SSSR count). The maximum Gasteiger partial charge on any atom is 0.0649 e. The van der Waals surface area contributed by atoms with E-state index in [2.05, 4.69) is 47.3 Å². The van der Waals surface area contributed by atoms with Crippen molar-refractivity contribution in [2.24, 2.45) is 11.7 Å². The summed E-state index contributed by atoms with van der Waals surface area (Å²) < 4.78 is 2.04. The Bertz CT molecular complexity index is 559. The maximum atomic E-state index is 6.02. The van der Waals surface area contributed by atoms with Crippen LogP contribution in [0.2, 0.25) is 0 Å². The zero-order valence-electron chi connectivity index (χ0n) is 13.1. The van der Waals surface area contributed by atoms with Crippen molar-refractivity contribution >= 4 is 12.4 Å². The zero-order chi connectivity index (χ0) is 14.7. The first kappa shape index (κ1) is 17.0. The molecule has 1 aromatic carbocycles. The van der Waals surface area contributed by atoms with Crippen molar-refractivity contribution < 1.29 is 0 Å². The minimum atomic E-state index is 0. The highest BCUT2D eigenvalue weighted by Gasteiger charge is 2.22. The van der Waals surface area contributed by atoms with Gasteiger partial charge in [0.25, 0.3) is 0 Å². The number of piperidine rings is 1. The molecule has 0 radical (unpaired) electrons. The van der Waals surface area contributed by atoms with Crippen LogP contribution in [0.3, 0.4) is 0 Å². The van der Waals surface area contributed by atoms with E-state index in [9.17, 15) is 0 Å². The monoisotopic (exact) mass is 320 g/mol. The van der Waals surface area contributed by atoms with E-state index in [0.717, 1.165) is 25.3 Å². The highest BCUT2D eigenvalue weighted by Crippen LogP contribution is 2.21. The van der Waals surface area contributed by atoms with Crippen molar-refractivity contribution in [1.29, 1.82) is 0 Å². The molecular weight excluding hydrogens is 296 g/mol. The second-order valence-corrected chi connectivity index (χ2v) is 6.04. The molecule has 1 unspecified atom stereocenters. The van der Waals surface area contributed by atoms with Crippen LogP contribution in [0.4, 0.5) is 0 Å². The lowest BCUT2D eigenvalue weighted by Crippen LogP contribution is -2.39. The minimum Gasteiger partial charge on any atom is -0.328 e. The third-order valence-electron chi connectivity index (χ3n) is 4.48. The van der Waals surface area contributed by atoms with Gasteiger partial charge in [0, 0.05) is 18.8 Å². The largest absolute Gasteiger partial charge is 0.328 e. The molecule has 120 valence electrons. The van der Waals surface area contributed by atoms with Crippen LogP contribution in [0, 0.1) is 5.92 Å². The molecule has 0 spiro atoms. The lowest BCUT2D eigenvalue weighted by Gasteiger charge is -2.33. The van der Waals surface area contributed by atoms with E-state index >= 15 is 0 Å². The summed E-state index contributed by atoms with van der Waals surface area (Å²) in [6.45, 7) is 5.35. The molecule has 2 N–H and O–H groups in total. The maximum absolute atomic E-state index is 6.02. The predicted molar refractivity (Wildman–Crippen MR) is 92.5 cm³/mol. The van der Waals surface area contributed by atoms with Crippen LogP contribution in [-0.2, 0) is 6.54 Å². The van der Waals surface area contributed by atoms with Crippen molar-refractivity contribution in [1.82, 2.24) is 14.7 Å².